The van der Waals surface area contributed by atoms with E-state index >= 15 is 0 Å². The van der Waals surface area contributed by atoms with Gasteiger partial charge in [0.2, 0.25) is 0 Å². The van der Waals surface area contributed by atoms with Gasteiger partial charge < -0.3 is 19.5 Å². The highest BCUT2D eigenvalue weighted by atomic mass is 19.1. The first kappa shape index (κ1) is 21.1. The van der Waals surface area contributed by atoms with Crippen molar-refractivity contribution in [3.8, 4) is 11.5 Å². The van der Waals surface area contributed by atoms with Gasteiger partial charge in [-0.05, 0) is 38.1 Å². The molecule has 0 aromatic heterocycles. The Labute approximate surface area is 161 Å². The summed E-state index contributed by atoms with van der Waals surface area (Å²) in [6.07, 6.45) is 0. The van der Waals surface area contributed by atoms with E-state index in [-0.39, 0.29) is 17.7 Å². The van der Waals surface area contributed by atoms with Crippen LogP contribution in [0.3, 0.4) is 0 Å². The monoisotopic (exact) mass is 393 g/mol. The van der Waals surface area contributed by atoms with E-state index in [2.05, 4.69) is 5.32 Å². The third-order valence-corrected chi connectivity index (χ3v) is 3.60. The third kappa shape index (κ3) is 5.94. The standard InChI is InChI=1S/C20H21F2NO5/c1-3-26-17-8-6-13(9-18(17)27-4-2)20(25)28-12-19(24)23-11-14-5-7-15(21)10-16(14)22/h5-10H,3-4,11-12H2,1-2H3,(H,23,24). The topological polar surface area (TPSA) is 73.9 Å². The van der Waals surface area contributed by atoms with Gasteiger partial charge in [-0.2, -0.15) is 0 Å². The summed E-state index contributed by atoms with van der Waals surface area (Å²) in [6, 6.07) is 7.61. The van der Waals surface area contributed by atoms with Crippen LogP contribution in [0.15, 0.2) is 36.4 Å². The number of esters is 1. The molecule has 8 heteroatoms. The van der Waals surface area contributed by atoms with Crippen molar-refractivity contribution in [2.75, 3.05) is 19.8 Å². The predicted octanol–water partition coefficient (Wildman–Crippen LogP) is 3.24. The van der Waals surface area contributed by atoms with Crippen molar-refractivity contribution in [3.63, 3.8) is 0 Å². The van der Waals surface area contributed by atoms with Crippen molar-refractivity contribution in [1.29, 1.82) is 0 Å². The van der Waals surface area contributed by atoms with Gasteiger partial charge in [-0.1, -0.05) is 6.07 Å². The Morgan fingerprint density at radius 2 is 1.68 bits per heavy atom. The molecule has 0 bridgehead atoms. The molecule has 28 heavy (non-hydrogen) atoms. The number of hydrogen-bond acceptors (Lipinski definition) is 5. The maximum atomic E-state index is 13.5. The molecule has 2 aromatic rings. The summed E-state index contributed by atoms with van der Waals surface area (Å²) in [5.41, 5.74) is 0.318. The molecule has 0 aliphatic rings. The summed E-state index contributed by atoms with van der Waals surface area (Å²) in [7, 11) is 0. The molecule has 0 fully saturated rings. The molecule has 2 rings (SSSR count). The van der Waals surface area contributed by atoms with E-state index in [9.17, 15) is 18.4 Å². The van der Waals surface area contributed by atoms with Gasteiger partial charge >= 0.3 is 5.97 Å². The highest BCUT2D eigenvalue weighted by Crippen LogP contribution is 2.28. The van der Waals surface area contributed by atoms with Crippen molar-refractivity contribution in [2.45, 2.75) is 20.4 Å². The molecular weight excluding hydrogens is 372 g/mol. The average Bonchev–Trinajstić information content (AvgIpc) is 2.67. The minimum atomic E-state index is -0.768. The first-order valence-corrected chi connectivity index (χ1v) is 8.72. The van der Waals surface area contributed by atoms with Crippen LogP contribution < -0.4 is 14.8 Å². The number of carbonyl (C=O) groups is 2. The molecule has 0 saturated carbocycles. The van der Waals surface area contributed by atoms with Gasteiger partial charge in [0, 0.05) is 18.2 Å². The summed E-state index contributed by atoms with van der Waals surface area (Å²) < 4.78 is 42.2. The molecule has 0 radical (unpaired) electrons. The molecule has 0 aliphatic carbocycles. The Bertz CT molecular complexity index is 841. The van der Waals surface area contributed by atoms with Crippen LogP contribution in [0.25, 0.3) is 0 Å². The van der Waals surface area contributed by atoms with E-state index in [0.717, 1.165) is 12.1 Å². The van der Waals surface area contributed by atoms with E-state index in [4.69, 9.17) is 14.2 Å². The van der Waals surface area contributed by atoms with Gasteiger partial charge in [0.1, 0.15) is 11.6 Å². The van der Waals surface area contributed by atoms with Crippen molar-refractivity contribution in [3.05, 3.63) is 59.2 Å². The minimum absolute atomic E-state index is 0.119. The van der Waals surface area contributed by atoms with E-state index in [1.165, 1.54) is 18.2 Å². The fourth-order valence-corrected chi connectivity index (χ4v) is 2.30. The molecule has 0 heterocycles. The van der Waals surface area contributed by atoms with E-state index in [1.807, 2.05) is 6.92 Å². The summed E-state index contributed by atoms with van der Waals surface area (Å²) in [5.74, 6) is -1.91. The average molecular weight is 393 g/mol. The normalized spacial score (nSPS) is 10.3. The number of rotatable bonds is 9. The van der Waals surface area contributed by atoms with Crippen LogP contribution in [0.1, 0.15) is 29.8 Å². The molecule has 1 N–H and O–H groups in total. The lowest BCUT2D eigenvalue weighted by atomic mass is 10.2. The maximum absolute atomic E-state index is 13.5. The smallest absolute Gasteiger partial charge is 0.338 e. The van der Waals surface area contributed by atoms with Crippen LogP contribution in [-0.2, 0) is 16.1 Å². The van der Waals surface area contributed by atoms with Gasteiger partial charge in [-0.25, -0.2) is 13.6 Å². The number of benzene rings is 2. The highest BCUT2D eigenvalue weighted by Gasteiger charge is 2.14. The number of ether oxygens (including phenoxy) is 3. The first-order valence-electron chi connectivity index (χ1n) is 8.72. The Morgan fingerprint density at radius 1 is 0.964 bits per heavy atom. The van der Waals surface area contributed by atoms with Crippen molar-refractivity contribution in [1.82, 2.24) is 5.32 Å². The lowest BCUT2D eigenvalue weighted by molar-refractivity contribution is -0.124. The van der Waals surface area contributed by atoms with Crippen LogP contribution in [0.5, 0.6) is 11.5 Å². The Hall–Kier alpha value is -3.16. The Morgan fingerprint density at radius 3 is 2.36 bits per heavy atom. The zero-order valence-electron chi connectivity index (χ0n) is 15.6. The number of halogens is 2. The summed E-state index contributed by atoms with van der Waals surface area (Å²) in [6.45, 7) is 3.77. The summed E-state index contributed by atoms with van der Waals surface area (Å²) >= 11 is 0. The molecule has 150 valence electrons. The van der Waals surface area contributed by atoms with Gasteiger partial charge in [0.25, 0.3) is 5.91 Å². The predicted molar refractivity (Wildman–Crippen MR) is 97.3 cm³/mol. The number of nitrogens with one attached hydrogen (secondary N) is 1. The molecular formula is C20H21F2NO5. The van der Waals surface area contributed by atoms with Gasteiger partial charge in [-0.3, -0.25) is 4.79 Å². The fraction of sp³-hybridized carbons (Fsp3) is 0.300. The minimum Gasteiger partial charge on any atom is -0.490 e. The molecule has 0 atom stereocenters. The molecule has 0 spiro atoms. The van der Waals surface area contributed by atoms with Gasteiger partial charge in [0.05, 0.1) is 18.8 Å². The number of carbonyl (C=O) groups excluding carboxylic acids is 2. The Balaban J connectivity index is 1.90. The van der Waals surface area contributed by atoms with Crippen molar-refractivity contribution in [2.24, 2.45) is 0 Å². The van der Waals surface area contributed by atoms with Gasteiger partial charge in [-0.15, -0.1) is 0 Å². The lowest BCUT2D eigenvalue weighted by Gasteiger charge is -2.12. The van der Waals surface area contributed by atoms with Crippen LogP contribution >= 0.6 is 0 Å². The van der Waals surface area contributed by atoms with Crippen molar-refractivity contribution < 1.29 is 32.6 Å². The Kier molecular flexibility index (Phi) is 7.74. The first-order chi connectivity index (χ1) is 13.4. The number of hydrogen-bond donors (Lipinski definition) is 1. The molecule has 2 aromatic carbocycles. The second kappa shape index (κ2) is 10.2. The highest BCUT2D eigenvalue weighted by molar-refractivity contribution is 5.92. The van der Waals surface area contributed by atoms with Crippen LogP contribution in [0, 0.1) is 11.6 Å². The third-order valence-electron chi connectivity index (χ3n) is 3.60. The SMILES string of the molecule is CCOc1ccc(C(=O)OCC(=O)NCc2ccc(F)cc2F)cc1OCC. The lowest BCUT2D eigenvalue weighted by Crippen LogP contribution is -2.28. The largest absolute Gasteiger partial charge is 0.490 e. The zero-order valence-corrected chi connectivity index (χ0v) is 15.6. The second-order valence-electron chi connectivity index (χ2n) is 5.62. The maximum Gasteiger partial charge on any atom is 0.338 e. The summed E-state index contributed by atoms with van der Waals surface area (Å²) in [4.78, 5) is 23.9. The van der Waals surface area contributed by atoms with Crippen molar-refractivity contribution >= 4 is 11.9 Å². The molecule has 1 amide bonds. The molecule has 0 unspecified atom stereocenters. The molecule has 0 aliphatic heterocycles. The van der Waals surface area contributed by atoms with E-state index in [0.29, 0.717) is 24.7 Å². The second-order valence-corrected chi connectivity index (χ2v) is 5.62. The van der Waals surface area contributed by atoms with E-state index < -0.39 is 30.1 Å². The number of amides is 1. The van der Waals surface area contributed by atoms with Crippen LogP contribution in [-0.4, -0.2) is 31.7 Å². The summed E-state index contributed by atoms with van der Waals surface area (Å²) in [5, 5.41) is 2.40. The van der Waals surface area contributed by atoms with Crippen LogP contribution in [0.2, 0.25) is 0 Å². The molecule has 6 nitrogen and oxygen atoms in total. The van der Waals surface area contributed by atoms with E-state index in [1.54, 1.807) is 13.0 Å². The van der Waals surface area contributed by atoms with Gasteiger partial charge in [0.15, 0.2) is 18.1 Å². The quantitative estimate of drug-likeness (QED) is 0.662. The van der Waals surface area contributed by atoms with Crippen LogP contribution in [0.4, 0.5) is 8.78 Å². The zero-order chi connectivity index (χ0) is 20.5. The molecule has 0 saturated heterocycles. The fourth-order valence-electron chi connectivity index (χ4n) is 2.30.